The molecule has 1 aliphatic heterocycles. The summed E-state index contributed by atoms with van der Waals surface area (Å²) in [5.41, 5.74) is 0.641. The zero-order valence-corrected chi connectivity index (χ0v) is 12.6. The van der Waals surface area contributed by atoms with Crippen LogP contribution in [0.3, 0.4) is 0 Å². The molecule has 5 nitrogen and oxygen atoms in total. The fourth-order valence-corrected chi connectivity index (χ4v) is 1.79. The van der Waals surface area contributed by atoms with Crippen LogP contribution in [0.5, 0.6) is 0 Å². The first-order valence-electron chi connectivity index (χ1n) is 6.92. The molecule has 0 saturated carbocycles. The first-order chi connectivity index (χ1) is 9.58. The average Bonchev–Trinajstić information content (AvgIpc) is 2.86. The van der Waals surface area contributed by atoms with E-state index in [-0.39, 0.29) is 12.6 Å². The second-order valence-corrected chi connectivity index (χ2v) is 4.62. The number of rotatable bonds is 9. The Kier molecular flexibility index (Phi) is 7.18. The number of nitrogens with zero attached hydrogens (tertiary/aromatic N) is 1. The Bertz CT molecular complexity index is 387. The van der Waals surface area contributed by atoms with Gasteiger partial charge in [-0.25, -0.2) is 0 Å². The van der Waals surface area contributed by atoms with Crippen LogP contribution in [0.15, 0.2) is 35.5 Å². The van der Waals surface area contributed by atoms with Gasteiger partial charge in [-0.1, -0.05) is 13.5 Å². The van der Waals surface area contributed by atoms with E-state index in [0.29, 0.717) is 31.1 Å². The van der Waals surface area contributed by atoms with Crippen molar-refractivity contribution in [1.82, 2.24) is 4.90 Å². The normalized spacial score (nSPS) is 15.5. The van der Waals surface area contributed by atoms with E-state index in [4.69, 9.17) is 14.2 Å². The van der Waals surface area contributed by atoms with Gasteiger partial charge in [-0.05, 0) is 14.0 Å². The van der Waals surface area contributed by atoms with Gasteiger partial charge in [0.25, 0.3) is 0 Å². The number of hydrogen-bond acceptors (Lipinski definition) is 5. The van der Waals surface area contributed by atoms with Gasteiger partial charge >= 0.3 is 0 Å². The van der Waals surface area contributed by atoms with Crippen molar-refractivity contribution < 1.29 is 19.3 Å². The molecule has 0 amide bonds. The number of aliphatic hydroxyl groups excluding tert-OH is 1. The molecule has 0 fully saturated rings. The third-order valence-electron chi connectivity index (χ3n) is 2.96. The third kappa shape index (κ3) is 5.27. The van der Waals surface area contributed by atoms with Crippen LogP contribution in [-0.2, 0) is 14.2 Å². The molecule has 5 heteroatoms. The summed E-state index contributed by atoms with van der Waals surface area (Å²) in [6.45, 7) is 10.8. The van der Waals surface area contributed by atoms with E-state index >= 15 is 0 Å². The fourth-order valence-electron chi connectivity index (χ4n) is 1.79. The van der Waals surface area contributed by atoms with E-state index in [0.717, 1.165) is 18.7 Å². The van der Waals surface area contributed by atoms with Gasteiger partial charge in [0.05, 0.1) is 6.61 Å². The Morgan fingerprint density at radius 3 is 2.85 bits per heavy atom. The van der Waals surface area contributed by atoms with Gasteiger partial charge in [-0.3, -0.25) is 4.90 Å². The highest BCUT2D eigenvalue weighted by Crippen LogP contribution is 2.22. The van der Waals surface area contributed by atoms with E-state index in [1.54, 1.807) is 6.08 Å². The van der Waals surface area contributed by atoms with Gasteiger partial charge in [0.2, 0.25) is 6.79 Å². The van der Waals surface area contributed by atoms with Crippen molar-refractivity contribution in [1.29, 1.82) is 0 Å². The van der Waals surface area contributed by atoms with Crippen LogP contribution in [0, 0.1) is 0 Å². The first kappa shape index (κ1) is 16.6. The van der Waals surface area contributed by atoms with E-state index in [1.165, 1.54) is 0 Å². The first-order valence-corrected chi connectivity index (χ1v) is 6.92. The van der Waals surface area contributed by atoms with Crippen molar-refractivity contribution in [3.8, 4) is 0 Å². The van der Waals surface area contributed by atoms with Crippen LogP contribution in [0.1, 0.15) is 20.3 Å². The van der Waals surface area contributed by atoms with E-state index < -0.39 is 0 Å². The molecule has 0 atom stereocenters. The van der Waals surface area contributed by atoms with Crippen LogP contribution < -0.4 is 0 Å². The smallest absolute Gasteiger partial charge is 0.230 e. The summed E-state index contributed by atoms with van der Waals surface area (Å²) in [5.74, 6) is 1.47. The summed E-state index contributed by atoms with van der Waals surface area (Å²) in [6, 6.07) is 0. The molecule has 20 heavy (non-hydrogen) atoms. The van der Waals surface area contributed by atoms with Gasteiger partial charge < -0.3 is 19.3 Å². The summed E-state index contributed by atoms with van der Waals surface area (Å²) in [6.07, 6.45) is 2.31. The van der Waals surface area contributed by atoms with Crippen molar-refractivity contribution in [2.75, 3.05) is 40.1 Å². The Hall–Kier alpha value is -1.46. The zero-order chi connectivity index (χ0) is 15.0. The van der Waals surface area contributed by atoms with Crippen LogP contribution in [0.4, 0.5) is 0 Å². The predicted octanol–water partition coefficient (Wildman–Crippen LogP) is 2.58. The molecule has 0 unspecified atom stereocenters. The Morgan fingerprint density at radius 2 is 2.20 bits per heavy atom. The van der Waals surface area contributed by atoms with Crippen LogP contribution in [-0.4, -0.2) is 50.2 Å². The highest BCUT2D eigenvalue weighted by atomic mass is 16.7. The molecule has 0 aromatic carbocycles. The summed E-state index contributed by atoms with van der Waals surface area (Å²) < 4.78 is 15.9. The van der Waals surface area contributed by atoms with Crippen LogP contribution in [0.25, 0.3) is 0 Å². The molecular weight excluding hydrogens is 258 g/mol. The minimum atomic E-state index is 0.125. The average molecular weight is 283 g/mol. The lowest BCUT2D eigenvalue weighted by Crippen LogP contribution is -2.25. The third-order valence-corrected chi connectivity index (χ3v) is 2.96. The standard InChI is InChI=1S/C15H25NO4/c1-5-14-15(20-11-19-14)9-13(17)12(3)10-16(4)7-8-18-6-2/h9,17H,3,5-8,10-11H2,1-2,4H3/b13-9+. The second-order valence-electron chi connectivity index (χ2n) is 4.62. The molecule has 0 saturated heterocycles. The molecule has 0 aromatic rings. The van der Waals surface area contributed by atoms with E-state index in [1.807, 2.05) is 25.8 Å². The molecule has 1 heterocycles. The summed E-state index contributed by atoms with van der Waals surface area (Å²) >= 11 is 0. The van der Waals surface area contributed by atoms with Crippen LogP contribution in [0.2, 0.25) is 0 Å². The maximum Gasteiger partial charge on any atom is 0.230 e. The lowest BCUT2D eigenvalue weighted by atomic mass is 10.2. The SMILES string of the molecule is C=C(CN(C)CCOCC)/C(O)=C\C1=C(CC)OCO1. The molecule has 1 N–H and O–H groups in total. The molecule has 1 rings (SSSR count). The molecule has 0 aliphatic carbocycles. The van der Waals surface area contributed by atoms with E-state index in [9.17, 15) is 5.11 Å². The summed E-state index contributed by atoms with van der Waals surface area (Å²) in [7, 11) is 1.96. The molecule has 114 valence electrons. The lowest BCUT2D eigenvalue weighted by Gasteiger charge is -2.17. The Morgan fingerprint density at radius 1 is 1.45 bits per heavy atom. The maximum absolute atomic E-state index is 10.0. The molecule has 0 aromatic heterocycles. The van der Waals surface area contributed by atoms with Crippen molar-refractivity contribution >= 4 is 0 Å². The quantitative estimate of drug-likeness (QED) is 0.400. The number of allylic oxidation sites excluding steroid dienone is 2. The molecular formula is C15H25NO4. The second kappa shape index (κ2) is 8.66. The number of hydrogen-bond donors (Lipinski definition) is 1. The maximum atomic E-state index is 10.0. The van der Waals surface area contributed by atoms with Crippen molar-refractivity contribution in [2.45, 2.75) is 20.3 Å². The topological polar surface area (TPSA) is 51.2 Å². The Labute approximate surface area is 121 Å². The molecule has 1 aliphatic rings. The Balaban J connectivity index is 2.50. The lowest BCUT2D eigenvalue weighted by molar-refractivity contribution is 0.0723. The summed E-state index contributed by atoms with van der Waals surface area (Å²) in [5, 5.41) is 10.0. The highest BCUT2D eigenvalue weighted by Gasteiger charge is 2.15. The summed E-state index contributed by atoms with van der Waals surface area (Å²) in [4.78, 5) is 2.04. The van der Waals surface area contributed by atoms with Crippen molar-refractivity contribution in [3.63, 3.8) is 0 Å². The molecule has 0 spiro atoms. The van der Waals surface area contributed by atoms with Crippen LogP contribution >= 0.6 is 0 Å². The zero-order valence-electron chi connectivity index (χ0n) is 12.6. The monoisotopic (exact) mass is 283 g/mol. The van der Waals surface area contributed by atoms with Gasteiger partial charge in [-0.15, -0.1) is 0 Å². The minimum Gasteiger partial charge on any atom is -0.508 e. The number of likely N-dealkylation sites (N-methyl/N-ethyl adjacent to an activating group) is 1. The van der Waals surface area contributed by atoms with Gasteiger partial charge in [0.15, 0.2) is 5.76 Å². The fraction of sp³-hybridized carbons (Fsp3) is 0.600. The van der Waals surface area contributed by atoms with Crippen molar-refractivity contribution in [2.24, 2.45) is 0 Å². The van der Waals surface area contributed by atoms with Gasteiger partial charge in [-0.2, -0.15) is 0 Å². The highest BCUT2D eigenvalue weighted by molar-refractivity contribution is 5.31. The minimum absolute atomic E-state index is 0.125. The number of ether oxygens (including phenoxy) is 3. The largest absolute Gasteiger partial charge is 0.508 e. The predicted molar refractivity (Wildman–Crippen MR) is 78.2 cm³/mol. The van der Waals surface area contributed by atoms with E-state index in [2.05, 4.69) is 6.58 Å². The van der Waals surface area contributed by atoms with Gasteiger partial charge in [0, 0.05) is 37.8 Å². The van der Waals surface area contributed by atoms with Crippen molar-refractivity contribution in [3.05, 3.63) is 35.5 Å². The molecule has 0 bridgehead atoms. The van der Waals surface area contributed by atoms with Gasteiger partial charge in [0.1, 0.15) is 11.5 Å². The number of aliphatic hydroxyl groups is 1. The molecule has 0 radical (unpaired) electrons.